The molecule has 2 rings (SSSR count). The molecule has 1 aromatic carbocycles. The van der Waals surface area contributed by atoms with Crippen LogP contribution < -0.4 is 0 Å². The Bertz CT molecular complexity index is 623. The Labute approximate surface area is 104 Å². The van der Waals surface area contributed by atoms with Crippen LogP contribution in [0.5, 0.6) is 0 Å². The molecule has 3 nitrogen and oxygen atoms in total. The minimum atomic E-state index is -1.01. The fraction of sp³-hybridized carbons (Fsp3) is 0.143. The first-order valence-corrected chi connectivity index (χ1v) is 5.46. The highest BCUT2D eigenvalue weighted by Gasteiger charge is 2.10. The second-order valence-corrected chi connectivity index (χ2v) is 4.10. The van der Waals surface area contributed by atoms with Gasteiger partial charge in [0.2, 0.25) is 0 Å². The highest BCUT2D eigenvalue weighted by Crippen LogP contribution is 2.21. The molecule has 0 fully saturated rings. The number of aromatic carboxylic acids is 1. The number of carboxylic acids is 1. The van der Waals surface area contributed by atoms with E-state index >= 15 is 0 Å². The number of pyridine rings is 1. The molecule has 0 bridgehead atoms. The third kappa shape index (κ3) is 2.22. The maximum absolute atomic E-state index is 13.5. The van der Waals surface area contributed by atoms with Gasteiger partial charge in [0.15, 0.2) is 0 Å². The summed E-state index contributed by atoms with van der Waals surface area (Å²) in [6.07, 6.45) is 0. The van der Waals surface area contributed by atoms with Crippen molar-refractivity contribution in [3.63, 3.8) is 0 Å². The van der Waals surface area contributed by atoms with Crippen molar-refractivity contribution in [3.8, 4) is 11.3 Å². The average molecular weight is 245 g/mol. The molecule has 4 heteroatoms. The standard InChI is InChI=1S/C14H12FNO2/c1-8-3-4-10(7-12(8)15)13-6-5-11(14(17)18)9(2)16-13/h3-7H,1-2H3,(H,17,18). The van der Waals surface area contributed by atoms with Gasteiger partial charge in [-0.25, -0.2) is 9.18 Å². The van der Waals surface area contributed by atoms with Crippen LogP contribution in [0.15, 0.2) is 30.3 Å². The maximum Gasteiger partial charge on any atom is 0.337 e. The Morgan fingerprint density at radius 2 is 1.94 bits per heavy atom. The monoisotopic (exact) mass is 245 g/mol. The van der Waals surface area contributed by atoms with Crippen molar-refractivity contribution in [1.82, 2.24) is 4.98 Å². The third-order valence-corrected chi connectivity index (χ3v) is 2.78. The quantitative estimate of drug-likeness (QED) is 0.883. The van der Waals surface area contributed by atoms with E-state index in [4.69, 9.17) is 5.11 Å². The van der Waals surface area contributed by atoms with Crippen LogP contribution in [0.2, 0.25) is 0 Å². The van der Waals surface area contributed by atoms with Crippen molar-refractivity contribution in [2.45, 2.75) is 13.8 Å². The second-order valence-electron chi connectivity index (χ2n) is 4.10. The van der Waals surface area contributed by atoms with E-state index in [1.54, 1.807) is 32.0 Å². The molecule has 0 unspecified atom stereocenters. The largest absolute Gasteiger partial charge is 0.478 e. The van der Waals surface area contributed by atoms with Gasteiger partial charge >= 0.3 is 5.97 Å². The summed E-state index contributed by atoms with van der Waals surface area (Å²) in [6, 6.07) is 7.91. The first kappa shape index (κ1) is 12.2. The van der Waals surface area contributed by atoms with Crippen LogP contribution in [0, 0.1) is 19.7 Å². The molecule has 0 radical (unpaired) electrons. The molecule has 0 aliphatic rings. The summed E-state index contributed by atoms with van der Waals surface area (Å²) in [6.45, 7) is 3.31. The summed E-state index contributed by atoms with van der Waals surface area (Å²) in [5.74, 6) is -1.31. The van der Waals surface area contributed by atoms with E-state index in [1.807, 2.05) is 0 Å². The number of aromatic nitrogens is 1. The van der Waals surface area contributed by atoms with Crippen molar-refractivity contribution in [2.24, 2.45) is 0 Å². The fourth-order valence-corrected chi connectivity index (χ4v) is 1.70. The smallest absolute Gasteiger partial charge is 0.337 e. The lowest BCUT2D eigenvalue weighted by Gasteiger charge is -2.06. The summed E-state index contributed by atoms with van der Waals surface area (Å²) in [5, 5.41) is 8.91. The number of hydrogen-bond acceptors (Lipinski definition) is 2. The minimum Gasteiger partial charge on any atom is -0.478 e. The fourth-order valence-electron chi connectivity index (χ4n) is 1.70. The average Bonchev–Trinajstić information content (AvgIpc) is 2.32. The summed E-state index contributed by atoms with van der Waals surface area (Å²) >= 11 is 0. The molecule has 0 amide bonds. The number of hydrogen-bond donors (Lipinski definition) is 1. The molecule has 0 saturated carbocycles. The molecular weight excluding hydrogens is 233 g/mol. The molecule has 2 aromatic rings. The Morgan fingerprint density at radius 1 is 1.22 bits per heavy atom. The Balaban J connectivity index is 2.48. The van der Waals surface area contributed by atoms with Crippen LogP contribution in [0.25, 0.3) is 11.3 Å². The number of aryl methyl sites for hydroxylation is 2. The molecule has 92 valence electrons. The maximum atomic E-state index is 13.5. The van der Waals surface area contributed by atoms with E-state index in [9.17, 15) is 9.18 Å². The summed E-state index contributed by atoms with van der Waals surface area (Å²) in [4.78, 5) is 15.1. The number of nitrogens with zero attached hydrogens (tertiary/aromatic N) is 1. The Kier molecular flexibility index (Phi) is 3.10. The lowest BCUT2D eigenvalue weighted by Crippen LogP contribution is -2.02. The zero-order chi connectivity index (χ0) is 13.3. The lowest BCUT2D eigenvalue weighted by atomic mass is 10.1. The van der Waals surface area contributed by atoms with Crippen molar-refractivity contribution in [3.05, 3.63) is 53.0 Å². The Morgan fingerprint density at radius 3 is 2.50 bits per heavy atom. The lowest BCUT2D eigenvalue weighted by molar-refractivity contribution is 0.0695. The second kappa shape index (κ2) is 4.56. The van der Waals surface area contributed by atoms with Gasteiger partial charge in [0.1, 0.15) is 5.82 Å². The normalized spacial score (nSPS) is 10.4. The Hall–Kier alpha value is -2.23. The number of carboxylic acid groups (broad SMARTS) is 1. The molecule has 1 heterocycles. The number of halogens is 1. The van der Waals surface area contributed by atoms with E-state index in [0.717, 1.165) is 0 Å². The SMILES string of the molecule is Cc1ccc(-c2ccc(C(=O)O)c(C)n2)cc1F. The van der Waals surface area contributed by atoms with E-state index in [-0.39, 0.29) is 11.4 Å². The predicted molar refractivity (Wildman–Crippen MR) is 66.1 cm³/mol. The van der Waals surface area contributed by atoms with Crippen molar-refractivity contribution in [1.29, 1.82) is 0 Å². The highest BCUT2D eigenvalue weighted by molar-refractivity contribution is 5.89. The molecule has 1 N–H and O–H groups in total. The molecule has 0 saturated heterocycles. The van der Waals surface area contributed by atoms with Crippen LogP contribution in [-0.2, 0) is 0 Å². The molecular formula is C14H12FNO2. The van der Waals surface area contributed by atoms with Crippen molar-refractivity contribution >= 4 is 5.97 Å². The van der Waals surface area contributed by atoms with Gasteiger partial charge in [0.25, 0.3) is 0 Å². The van der Waals surface area contributed by atoms with E-state index in [1.165, 1.54) is 12.1 Å². The molecule has 0 aliphatic heterocycles. The highest BCUT2D eigenvalue weighted by atomic mass is 19.1. The van der Waals surface area contributed by atoms with Crippen LogP contribution >= 0.6 is 0 Å². The summed E-state index contributed by atoms with van der Waals surface area (Å²) < 4.78 is 13.5. The first-order valence-electron chi connectivity index (χ1n) is 5.46. The van der Waals surface area contributed by atoms with Gasteiger partial charge in [-0.05, 0) is 37.6 Å². The number of carbonyl (C=O) groups is 1. The molecule has 0 atom stereocenters. The predicted octanol–water partition coefficient (Wildman–Crippen LogP) is 3.20. The molecule has 18 heavy (non-hydrogen) atoms. The third-order valence-electron chi connectivity index (χ3n) is 2.78. The van der Waals surface area contributed by atoms with Crippen molar-refractivity contribution < 1.29 is 14.3 Å². The van der Waals surface area contributed by atoms with Gasteiger partial charge in [-0.3, -0.25) is 4.98 Å². The van der Waals surface area contributed by atoms with Crippen LogP contribution in [0.4, 0.5) is 4.39 Å². The van der Waals surface area contributed by atoms with E-state index < -0.39 is 5.97 Å². The summed E-state index contributed by atoms with van der Waals surface area (Å²) in [7, 11) is 0. The van der Waals surface area contributed by atoms with Gasteiger partial charge < -0.3 is 5.11 Å². The van der Waals surface area contributed by atoms with Crippen LogP contribution in [-0.4, -0.2) is 16.1 Å². The van der Waals surface area contributed by atoms with Crippen LogP contribution in [0.1, 0.15) is 21.6 Å². The first-order chi connectivity index (χ1) is 8.49. The number of benzene rings is 1. The van der Waals surface area contributed by atoms with Crippen molar-refractivity contribution in [2.75, 3.05) is 0 Å². The molecule has 0 aliphatic carbocycles. The molecule has 1 aromatic heterocycles. The zero-order valence-electron chi connectivity index (χ0n) is 10.1. The van der Waals surface area contributed by atoms with Gasteiger partial charge in [-0.2, -0.15) is 0 Å². The molecule has 0 spiro atoms. The van der Waals surface area contributed by atoms with Gasteiger partial charge in [0.05, 0.1) is 17.0 Å². The number of rotatable bonds is 2. The van der Waals surface area contributed by atoms with Gasteiger partial charge in [0, 0.05) is 5.56 Å². The van der Waals surface area contributed by atoms with E-state index in [2.05, 4.69) is 4.98 Å². The summed E-state index contributed by atoms with van der Waals surface area (Å²) in [5.41, 5.74) is 2.35. The van der Waals surface area contributed by atoms with Crippen LogP contribution in [0.3, 0.4) is 0 Å². The minimum absolute atomic E-state index is 0.159. The topological polar surface area (TPSA) is 50.2 Å². The van der Waals surface area contributed by atoms with E-state index in [0.29, 0.717) is 22.5 Å². The zero-order valence-corrected chi connectivity index (χ0v) is 10.1. The van der Waals surface area contributed by atoms with Gasteiger partial charge in [-0.1, -0.05) is 12.1 Å². The van der Waals surface area contributed by atoms with Gasteiger partial charge in [-0.15, -0.1) is 0 Å².